The zero-order valence-corrected chi connectivity index (χ0v) is 21.4. The third-order valence-corrected chi connectivity index (χ3v) is 10.2. The Balaban J connectivity index is 1.87. The second-order valence-electron chi connectivity index (χ2n) is 9.66. The average molecular weight is 464 g/mol. The molecule has 1 fully saturated rings. The number of amides is 2. The van der Waals surface area contributed by atoms with Crippen molar-refractivity contribution in [2.75, 3.05) is 0 Å². The number of carbonyl (C=O) groups is 2. The standard InChI is InChI=1S/C26H41NO2S2/c1-4-19-26(3,5-2)27-24(28)22(30-20-15-11-7-6-8-12-16-20)23(25(27)29)31-21-17-13-9-10-14-18-21/h9-10,20-21H,4-8,11-19H2,1-3H3. The Hall–Kier alpha value is -0.680. The third kappa shape index (κ3) is 6.22. The molecule has 0 radical (unpaired) electrons. The summed E-state index contributed by atoms with van der Waals surface area (Å²) in [4.78, 5) is 30.7. The number of hydrogen-bond acceptors (Lipinski definition) is 4. The fraction of sp³-hybridized carbons (Fsp3) is 0.769. The Morgan fingerprint density at radius 3 is 1.81 bits per heavy atom. The summed E-state index contributed by atoms with van der Waals surface area (Å²) in [5.74, 6) is -0.0255. The van der Waals surface area contributed by atoms with E-state index in [1.165, 1.54) is 44.9 Å². The fourth-order valence-electron chi connectivity index (χ4n) is 5.10. The lowest BCUT2D eigenvalue weighted by atomic mass is 9.91. The van der Waals surface area contributed by atoms with Crippen molar-refractivity contribution >= 4 is 35.3 Å². The molecule has 3 rings (SSSR count). The van der Waals surface area contributed by atoms with Crippen molar-refractivity contribution in [3.8, 4) is 0 Å². The van der Waals surface area contributed by atoms with Gasteiger partial charge in [-0.3, -0.25) is 14.5 Å². The minimum atomic E-state index is -0.386. The summed E-state index contributed by atoms with van der Waals surface area (Å²) in [6.45, 7) is 6.36. The molecule has 0 bridgehead atoms. The van der Waals surface area contributed by atoms with Gasteiger partial charge in [-0.1, -0.05) is 64.5 Å². The molecule has 0 aromatic carbocycles. The van der Waals surface area contributed by atoms with Gasteiger partial charge in [-0.15, -0.1) is 23.5 Å². The average Bonchev–Trinajstić information content (AvgIpc) is 2.90. The second-order valence-corrected chi connectivity index (χ2v) is 12.3. The van der Waals surface area contributed by atoms with Crippen LogP contribution in [0.4, 0.5) is 0 Å². The highest BCUT2D eigenvalue weighted by atomic mass is 32.2. The van der Waals surface area contributed by atoms with Crippen LogP contribution < -0.4 is 0 Å². The lowest BCUT2D eigenvalue weighted by Gasteiger charge is -2.37. The highest BCUT2D eigenvalue weighted by molar-refractivity contribution is 8.08. The van der Waals surface area contributed by atoms with Crippen LogP contribution in [0.3, 0.4) is 0 Å². The molecule has 3 aliphatic rings. The maximum Gasteiger partial charge on any atom is 0.269 e. The van der Waals surface area contributed by atoms with Gasteiger partial charge in [0.1, 0.15) is 0 Å². The number of rotatable bonds is 8. The van der Waals surface area contributed by atoms with Gasteiger partial charge < -0.3 is 0 Å². The minimum absolute atomic E-state index is 0.0101. The summed E-state index contributed by atoms with van der Waals surface area (Å²) in [7, 11) is 0. The quantitative estimate of drug-likeness (QED) is 0.274. The smallest absolute Gasteiger partial charge is 0.268 e. The van der Waals surface area contributed by atoms with E-state index in [-0.39, 0.29) is 17.4 Å². The number of imide groups is 1. The van der Waals surface area contributed by atoms with Crippen LogP contribution in [0.15, 0.2) is 22.0 Å². The van der Waals surface area contributed by atoms with Gasteiger partial charge in [-0.05, 0) is 58.3 Å². The Bertz CT molecular complexity index is 684. The van der Waals surface area contributed by atoms with E-state index in [9.17, 15) is 9.59 Å². The van der Waals surface area contributed by atoms with E-state index in [0.29, 0.717) is 10.5 Å². The number of hydrogen-bond donors (Lipinski definition) is 0. The molecule has 1 unspecified atom stereocenters. The molecule has 0 N–H and O–H groups in total. The molecule has 0 aromatic heterocycles. The molecule has 1 saturated carbocycles. The molecule has 2 amide bonds. The summed E-state index contributed by atoms with van der Waals surface area (Å²) < 4.78 is 0. The van der Waals surface area contributed by atoms with Crippen molar-refractivity contribution < 1.29 is 9.59 Å². The van der Waals surface area contributed by atoms with Crippen molar-refractivity contribution in [1.29, 1.82) is 0 Å². The zero-order valence-electron chi connectivity index (χ0n) is 19.8. The Morgan fingerprint density at radius 1 is 0.839 bits per heavy atom. The molecule has 1 aliphatic heterocycles. The normalized spacial score (nSPS) is 24.3. The summed E-state index contributed by atoms with van der Waals surface area (Å²) in [6, 6.07) is 0. The first-order chi connectivity index (χ1) is 15.0. The molecule has 174 valence electrons. The van der Waals surface area contributed by atoms with Crippen molar-refractivity contribution in [1.82, 2.24) is 4.90 Å². The van der Waals surface area contributed by atoms with Crippen LogP contribution in [-0.2, 0) is 9.59 Å². The molecule has 0 spiro atoms. The van der Waals surface area contributed by atoms with Crippen LogP contribution in [0.1, 0.15) is 111 Å². The molecule has 1 heterocycles. The van der Waals surface area contributed by atoms with Gasteiger partial charge in [0.2, 0.25) is 0 Å². The number of allylic oxidation sites excluding steroid dienone is 2. The Morgan fingerprint density at radius 2 is 1.32 bits per heavy atom. The topological polar surface area (TPSA) is 37.4 Å². The molecular weight excluding hydrogens is 422 g/mol. The summed E-state index contributed by atoms with van der Waals surface area (Å²) >= 11 is 3.46. The van der Waals surface area contributed by atoms with E-state index in [4.69, 9.17) is 0 Å². The molecule has 31 heavy (non-hydrogen) atoms. The SMILES string of the molecule is CCCC(C)(CC)N1C(=O)C(SC2CCC=CCC2)=C(SC2CCCCCCC2)C1=O. The van der Waals surface area contributed by atoms with Crippen molar-refractivity contribution in [2.45, 2.75) is 127 Å². The van der Waals surface area contributed by atoms with Crippen LogP contribution in [0.5, 0.6) is 0 Å². The van der Waals surface area contributed by atoms with Gasteiger partial charge in [0, 0.05) is 16.0 Å². The first-order valence-corrected chi connectivity index (χ1v) is 14.4. The van der Waals surface area contributed by atoms with E-state index in [0.717, 1.165) is 54.8 Å². The van der Waals surface area contributed by atoms with Crippen LogP contribution in [0.25, 0.3) is 0 Å². The third-order valence-electron chi connectivity index (χ3n) is 7.19. The van der Waals surface area contributed by atoms with Gasteiger partial charge in [-0.25, -0.2) is 0 Å². The van der Waals surface area contributed by atoms with Crippen LogP contribution in [0.2, 0.25) is 0 Å². The Kier molecular flexibility index (Phi) is 9.64. The lowest BCUT2D eigenvalue weighted by molar-refractivity contribution is -0.144. The molecule has 5 heteroatoms. The number of thioether (sulfide) groups is 2. The Labute approximate surface area is 198 Å². The molecule has 0 saturated heterocycles. The summed E-state index contributed by atoms with van der Waals surface area (Å²) in [5.41, 5.74) is -0.386. The van der Waals surface area contributed by atoms with E-state index >= 15 is 0 Å². The maximum absolute atomic E-state index is 13.7. The zero-order chi connectivity index (χ0) is 22.3. The van der Waals surface area contributed by atoms with Gasteiger partial charge in [0.15, 0.2) is 0 Å². The minimum Gasteiger partial charge on any atom is -0.268 e. The fourth-order valence-corrected chi connectivity index (χ4v) is 7.91. The van der Waals surface area contributed by atoms with E-state index in [1.54, 1.807) is 28.4 Å². The predicted molar refractivity (Wildman–Crippen MR) is 135 cm³/mol. The van der Waals surface area contributed by atoms with Gasteiger partial charge in [0.05, 0.1) is 9.81 Å². The lowest BCUT2D eigenvalue weighted by Crippen LogP contribution is -2.50. The van der Waals surface area contributed by atoms with Crippen molar-refractivity contribution in [3.63, 3.8) is 0 Å². The van der Waals surface area contributed by atoms with Crippen molar-refractivity contribution in [3.05, 3.63) is 22.0 Å². The van der Waals surface area contributed by atoms with Crippen LogP contribution in [-0.4, -0.2) is 32.8 Å². The second kappa shape index (κ2) is 12.0. The van der Waals surface area contributed by atoms with E-state index in [2.05, 4.69) is 32.9 Å². The number of carbonyl (C=O) groups excluding carboxylic acids is 2. The summed E-state index contributed by atoms with van der Waals surface area (Å²) in [6.07, 6.45) is 20.3. The van der Waals surface area contributed by atoms with Gasteiger partial charge in [-0.2, -0.15) is 0 Å². The molecule has 3 nitrogen and oxygen atoms in total. The maximum atomic E-state index is 13.7. The van der Waals surface area contributed by atoms with E-state index in [1.807, 2.05) is 0 Å². The highest BCUT2D eigenvalue weighted by Gasteiger charge is 2.48. The largest absolute Gasteiger partial charge is 0.269 e. The monoisotopic (exact) mass is 463 g/mol. The van der Waals surface area contributed by atoms with Gasteiger partial charge in [0.25, 0.3) is 11.8 Å². The first-order valence-electron chi connectivity index (χ1n) is 12.6. The van der Waals surface area contributed by atoms with Crippen LogP contribution >= 0.6 is 23.5 Å². The van der Waals surface area contributed by atoms with E-state index < -0.39 is 0 Å². The molecule has 2 aliphatic carbocycles. The molecular formula is C26H41NO2S2. The van der Waals surface area contributed by atoms with Crippen LogP contribution in [0, 0.1) is 0 Å². The summed E-state index contributed by atoms with van der Waals surface area (Å²) in [5, 5.41) is 0.895. The highest BCUT2D eigenvalue weighted by Crippen LogP contribution is 2.46. The van der Waals surface area contributed by atoms with Crippen molar-refractivity contribution in [2.24, 2.45) is 0 Å². The molecule has 0 aromatic rings. The van der Waals surface area contributed by atoms with Gasteiger partial charge >= 0.3 is 0 Å². The molecule has 1 atom stereocenters. The number of nitrogens with zero attached hydrogens (tertiary/aromatic N) is 1. The first kappa shape index (κ1) is 25.0. The predicted octanol–water partition coefficient (Wildman–Crippen LogP) is 7.61.